The standard InChI is InChI=1S/C20H25NO5/c1-13-10-17(14(2)21(13)8-9-24-4)18(23)12-26-19-7-6-16(15(3)22)11-20(19)25-5/h6-7,10-11H,8-9,12H2,1-5H3. The Bertz CT molecular complexity index is 807. The Hall–Kier alpha value is -2.60. The molecule has 0 aliphatic heterocycles. The van der Waals surface area contributed by atoms with Gasteiger partial charge < -0.3 is 18.8 Å². The Morgan fingerprint density at radius 2 is 1.81 bits per heavy atom. The zero-order chi connectivity index (χ0) is 19.3. The smallest absolute Gasteiger partial charge is 0.202 e. The van der Waals surface area contributed by atoms with Gasteiger partial charge in [0.05, 0.1) is 13.7 Å². The van der Waals surface area contributed by atoms with Crippen LogP contribution in [0.2, 0.25) is 0 Å². The molecule has 1 heterocycles. The number of ketones is 2. The Morgan fingerprint density at radius 1 is 1.08 bits per heavy atom. The summed E-state index contributed by atoms with van der Waals surface area (Å²) in [6.07, 6.45) is 0. The number of nitrogens with zero attached hydrogens (tertiary/aromatic N) is 1. The number of hydrogen-bond acceptors (Lipinski definition) is 5. The van der Waals surface area contributed by atoms with Crippen LogP contribution in [0, 0.1) is 13.8 Å². The zero-order valence-corrected chi connectivity index (χ0v) is 15.9. The molecule has 6 heteroatoms. The maximum absolute atomic E-state index is 12.6. The predicted octanol–water partition coefficient (Wildman–Crippen LogP) is 3.22. The van der Waals surface area contributed by atoms with Gasteiger partial charge in [-0.15, -0.1) is 0 Å². The fourth-order valence-electron chi connectivity index (χ4n) is 2.84. The van der Waals surface area contributed by atoms with Gasteiger partial charge >= 0.3 is 0 Å². The number of Topliss-reactive ketones (excluding diaryl/α,β-unsaturated/α-hetero) is 2. The average Bonchev–Trinajstić information content (AvgIpc) is 2.91. The monoisotopic (exact) mass is 359 g/mol. The third-order valence-corrected chi connectivity index (χ3v) is 4.32. The van der Waals surface area contributed by atoms with Gasteiger partial charge in [0.15, 0.2) is 23.9 Å². The van der Waals surface area contributed by atoms with E-state index in [-0.39, 0.29) is 18.2 Å². The molecule has 0 bridgehead atoms. The van der Waals surface area contributed by atoms with Gasteiger partial charge in [-0.3, -0.25) is 9.59 Å². The van der Waals surface area contributed by atoms with Crippen LogP contribution in [-0.4, -0.2) is 43.6 Å². The van der Waals surface area contributed by atoms with Crippen molar-refractivity contribution in [2.75, 3.05) is 27.4 Å². The summed E-state index contributed by atoms with van der Waals surface area (Å²) in [5, 5.41) is 0. The van der Waals surface area contributed by atoms with Crippen LogP contribution in [0.15, 0.2) is 24.3 Å². The number of aromatic nitrogens is 1. The van der Waals surface area contributed by atoms with E-state index in [0.29, 0.717) is 35.8 Å². The SMILES string of the molecule is COCCn1c(C)cc(C(=O)COc2ccc(C(C)=O)cc2OC)c1C. The fraction of sp³-hybridized carbons (Fsp3) is 0.400. The topological polar surface area (TPSA) is 66.8 Å². The van der Waals surface area contributed by atoms with Crippen LogP contribution >= 0.6 is 0 Å². The molecule has 0 atom stereocenters. The van der Waals surface area contributed by atoms with Crippen LogP contribution in [0.1, 0.15) is 39.0 Å². The maximum atomic E-state index is 12.6. The molecule has 6 nitrogen and oxygen atoms in total. The van der Waals surface area contributed by atoms with Crippen molar-refractivity contribution in [1.29, 1.82) is 0 Å². The van der Waals surface area contributed by atoms with Crippen molar-refractivity contribution >= 4 is 11.6 Å². The fourth-order valence-corrected chi connectivity index (χ4v) is 2.84. The first kappa shape index (κ1) is 19.7. The highest BCUT2D eigenvalue weighted by molar-refractivity contribution is 5.98. The molecule has 2 aromatic rings. The molecular weight excluding hydrogens is 334 g/mol. The van der Waals surface area contributed by atoms with Crippen LogP contribution in [0.25, 0.3) is 0 Å². The lowest BCUT2D eigenvalue weighted by Gasteiger charge is -2.11. The molecule has 0 amide bonds. The highest BCUT2D eigenvalue weighted by Crippen LogP contribution is 2.28. The number of rotatable bonds is 9. The van der Waals surface area contributed by atoms with Crippen LogP contribution < -0.4 is 9.47 Å². The van der Waals surface area contributed by atoms with E-state index in [2.05, 4.69) is 4.57 Å². The minimum atomic E-state index is -0.112. The molecule has 140 valence electrons. The summed E-state index contributed by atoms with van der Waals surface area (Å²) in [5.74, 6) is 0.684. The molecule has 2 rings (SSSR count). The summed E-state index contributed by atoms with van der Waals surface area (Å²) in [4.78, 5) is 24.0. The van der Waals surface area contributed by atoms with E-state index in [0.717, 1.165) is 11.4 Å². The summed E-state index contributed by atoms with van der Waals surface area (Å²) in [5.41, 5.74) is 3.07. The molecule has 0 aliphatic carbocycles. The van der Waals surface area contributed by atoms with Gasteiger partial charge in [0.1, 0.15) is 0 Å². The number of aryl methyl sites for hydroxylation is 1. The number of carbonyl (C=O) groups excluding carboxylic acids is 2. The highest BCUT2D eigenvalue weighted by atomic mass is 16.5. The first-order valence-corrected chi connectivity index (χ1v) is 8.39. The molecule has 0 spiro atoms. The number of benzene rings is 1. The second-order valence-corrected chi connectivity index (χ2v) is 6.06. The third kappa shape index (κ3) is 4.32. The summed E-state index contributed by atoms with van der Waals surface area (Å²) in [7, 11) is 3.15. The van der Waals surface area contributed by atoms with Crippen molar-refractivity contribution in [3.8, 4) is 11.5 Å². The predicted molar refractivity (Wildman–Crippen MR) is 98.6 cm³/mol. The van der Waals surface area contributed by atoms with Gasteiger partial charge in [0, 0.05) is 36.2 Å². The maximum Gasteiger partial charge on any atom is 0.202 e. The lowest BCUT2D eigenvalue weighted by atomic mass is 10.1. The number of methoxy groups -OCH3 is 2. The van der Waals surface area contributed by atoms with E-state index in [4.69, 9.17) is 14.2 Å². The third-order valence-electron chi connectivity index (χ3n) is 4.32. The van der Waals surface area contributed by atoms with Gasteiger partial charge in [0.25, 0.3) is 0 Å². The summed E-state index contributed by atoms with van der Waals surface area (Å²) in [6.45, 7) is 6.54. The number of hydrogen-bond donors (Lipinski definition) is 0. The van der Waals surface area contributed by atoms with E-state index in [1.807, 2.05) is 19.9 Å². The zero-order valence-electron chi connectivity index (χ0n) is 15.9. The van der Waals surface area contributed by atoms with Gasteiger partial charge in [-0.2, -0.15) is 0 Å². The van der Waals surface area contributed by atoms with Gasteiger partial charge in [-0.1, -0.05) is 0 Å². The van der Waals surface area contributed by atoms with E-state index >= 15 is 0 Å². The molecule has 0 N–H and O–H groups in total. The van der Waals surface area contributed by atoms with E-state index in [9.17, 15) is 9.59 Å². The molecule has 26 heavy (non-hydrogen) atoms. The molecule has 0 saturated heterocycles. The molecule has 0 saturated carbocycles. The molecule has 0 fully saturated rings. The van der Waals surface area contributed by atoms with Crippen molar-refractivity contribution in [1.82, 2.24) is 4.57 Å². The van der Waals surface area contributed by atoms with E-state index in [1.165, 1.54) is 14.0 Å². The Kier molecular flexibility index (Phi) is 6.58. The number of ether oxygens (including phenoxy) is 3. The Labute approximate surface area is 153 Å². The molecule has 1 aromatic carbocycles. The van der Waals surface area contributed by atoms with Gasteiger partial charge in [-0.25, -0.2) is 0 Å². The van der Waals surface area contributed by atoms with Crippen LogP contribution in [-0.2, 0) is 11.3 Å². The molecular formula is C20H25NO5. The lowest BCUT2D eigenvalue weighted by Crippen LogP contribution is -2.14. The minimum absolute atomic E-state index is 0.0607. The average molecular weight is 359 g/mol. The summed E-state index contributed by atoms with van der Waals surface area (Å²) >= 11 is 0. The van der Waals surface area contributed by atoms with E-state index in [1.54, 1.807) is 25.3 Å². The molecule has 0 unspecified atom stereocenters. The molecule has 1 aromatic heterocycles. The first-order chi connectivity index (χ1) is 12.4. The second-order valence-electron chi connectivity index (χ2n) is 6.06. The van der Waals surface area contributed by atoms with Crippen molar-refractivity contribution in [3.63, 3.8) is 0 Å². The van der Waals surface area contributed by atoms with Crippen molar-refractivity contribution in [3.05, 3.63) is 46.8 Å². The Morgan fingerprint density at radius 3 is 2.42 bits per heavy atom. The quantitative estimate of drug-likeness (QED) is 0.643. The summed E-state index contributed by atoms with van der Waals surface area (Å²) in [6, 6.07) is 6.78. The molecule has 0 aliphatic rings. The lowest BCUT2D eigenvalue weighted by molar-refractivity contribution is 0.0917. The second kappa shape index (κ2) is 8.67. The van der Waals surface area contributed by atoms with Crippen molar-refractivity contribution in [2.45, 2.75) is 27.3 Å². The van der Waals surface area contributed by atoms with E-state index < -0.39 is 0 Å². The highest BCUT2D eigenvalue weighted by Gasteiger charge is 2.17. The van der Waals surface area contributed by atoms with Gasteiger partial charge in [-0.05, 0) is 45.0 Å². The van der Waals surface area contributed by atoms with Crippen LogP contribution in [0.3, 0.4) is 0 Å². The van der Waals surface area contributed by atoms with Crippen LogP contribution in [0.5, 0.6) is 11.5 Å². The normalized spacial score (nSPS) is 10.7. The largest absolute Gasteiger partial charge is 0.493 e. The van der Waals surface area contributed by atoms with Crippen molar-refractivity contribution < 1.29 is 23.8 Å². The first-order valence-electron chi connectivity index (χ1n) is 8.39. The summed E-state index contributed by atoms with van der Waals surface area (Å²) < 4.78 is 18.1. The van der Waals surface area contributed by atoms with Crippen LogP contribution in [0.4, 0.5) is 0 Å². The molecule has 0 radical (unpaired) electrons. The minimum Gasteiger partial charge on any atom is -0.493 e. The van der Waals surface area contributed by atoms with Crippen molar-refractivity contribution in [2.24, 2.45) is 0 Å². The Balaban J connectivity index is 2.13. The van der Waals surface area contributed by atoms with Gasteiger partial charge in [0.2, 0.25) is 5.78 Å². The number of carbonyl (C=O) groups is 2.